The van der Waals surface area contributed by atoms with Crippen LogP contribution < -0.4 is 0 Å². The van der Waals surface area contributed by atoms with Crippen LogP contribution in [0.2, 0.25) is 0 Å². The second-order valence-electron chi connectivity index (χ2n) is 3.91. The molecule has 3 nitrogen and oxygen atoms in total. The first-order valence-electron chi connectivity index (χ1n) is 5.69. The predicted octanol–water partition coefficient (Wildman–Crippen LogP) is 2.82. The Morgan fingerprint density at radius 3 is 1.65 bits per heavy atom. The maximum atomic E-state index is 7.57. The van der Waals surface area contributed by atoms with Crippen LogP contribution >= 0.6 is 0 Å². The molecule has 1 rings (SSSR count). The van der Waals surface area contributed by atoms with Crippen molar-refractivity contribution in [2.75, 3.05) is 13.2 Å². The number of hydrogen-bond donors (Lipinski definition) is 2. The van der Waals surface area contributed by atoms with Crippen LogP contribution in [0.4, 0.5) is 0 Å². The molecular weight excluding hydrogens is 295 g/mol. The van der Waals surface area contributed by atoms with Crippen LogP contribution in [-0.2, 0) is 20.9 Å². The quantitative estimate of drug-likeness (QED) is 0.532. The summed E-state index contributed by atoms with van der Waals surface area (Å²) in [5, 5.41) is 15.1. The summed E-state index contributed by atoms with van der Waals surface area (Å²) in [6.07, 6.45) is 10.0. The zero-order valence-electron chi connectivity index (χ0n) is 11.6. The van der Waals surface area contributed by atoms with Crippen LogP contribution in [0, 0.1) is 6.08 Å². The van der Waals surface area contributed by atoms with Crippen LogP contribution in [0.3, 0.4) is 0 Å². The van der Waals surface area contributed by atoms with E-state index in [1.165, 1.54) is 20.9 Å². The van der Waals surface area contributed by atoms with E-state index in [0.29, 0.717) is 0 Å². The largest absolute Gasteiger partial charge is 0.397 e. The zero-order valence-corrected chi connectivity index (χ0v) is 13.8. The van der Waals surface area contributed by atoms with Gasteiger partial charge in [0, 0.05) is 13.2 Å². The van der Waals surface area contributed by atoms with Crippen molar-refractivity contribution in [3.05, 3.63) is 24.3 Å². The fraction of sp³-hybridized carbons (Fsp3) is 0.692. The summed E-state index contributed by atoms with van der Waals surface area (Å²) in [6, 6.07) is 0. The number of nitrogens with zero attached hydrogens (tertiary/aromatic N) is 1. The van der Waals surface area contributed by atoms with Gasteiger partial charge in [-0.25, -0.2) is 12.2 Å². The molecule has 4 heteroatoms. The van der Waals surface area contributed by atoms with E-state index in [-0.39, 0.29) is 18.8 Å². The van der Waals surface area contributed by atoms with Gasteiger partial charge in [-0.2, -0.15) is 6.08 Å². The fourth-order valence-electron chi connectivity index (χ4n) is 0.340. The molecule has 0 atom stereocenters. The molecule has 0 aromatic carbocycles. The van der Waals surface area contributed by atoms with Crippen molar-refractivity contribution in [1.29, 1.82) is 0 Å². The number of allylic oxidation sites excluding steroid dienone is 4. The molecule has 0 fully saturated rings. The molecule has 0 bridgehead atoms. The Morgan fingerprint density at radius 2 is 1.59 bits per heavy atom. The van der Waals surface area contributed by atoms with E-state index in [4.69, 9.17) is 10.2 Å². The summed E-state index contributed by atoms with van der Waals surface area (Å²) in [5.41, 5.74) is 0.189. The average Bonchev–Trinajstić information content (AvgIpc) is 2.77. The number of hydrogen-bond acceptors (Lipinski definition) is 3. The third kappa shape index (κ3) is 49.1. The zero-order chi connectivity index (χ0) is 14.2. The van der Waals surface area contributed by atoms with Crippen molar-refractivity contribution < 1.29 is 31.1 Å². The van der Waals surface area contributed by atoms with Crippen molar-refractivity contribution in [1.82, 2.24) is 0 Å². The standard InChI is InChI=1S/C5H5.C4H9N.2C2H6O.Nb/c1-2-4-5-3-1;1-4(2,3)5;2*1-2-3;/h1-3H,4H2;1-3H3;2*3H,2H2,1H3;/q-1;;;;. The second-order valence-corrected chi connectivity index (χ2v) is 4.40. The molecule has 17 heavy (non-hydrogen) atoms. The molecule has 0 amide bonds. The van der Waals surface area contributed by atoms with Gasteiger partial charge in [-0.1, -0.05) is 0 Å². The molecular formula is C13H26NNbO2-. The van der Waals surface area contributed by atoms with Gasteiger partial charge in [0.05, 0.1) is 0 Å². The molecule has 0 aromatic rings. The van der Waals surface area contributed by atoms with Crippen molar-refractivity contribution in [2.45, 2.75) is 46.6 Å². The summed E-state index contributed by atoms with van der Waals surface area (Å²) < 4.78 is 4.07. The second kappa shape index (κ2) is 18.3. The van der Waals surface area contributed by atoms with E-state index in [0.717, 1.165) is 6.42 Å². The maximum absolute atomic E-state index is 7.57. The molecule has 0 aliphatic heterocycles. The normalized spacial score (nSPS) is 11.2. The molecule has 0 saturated carbocycles. The Labute approximate surface area is 118 Å². The molecule has 0 radical (unpaired) electrons. The van der Waals surface area contributed by atoms with E-state index in [1.807, 2.05) is 12.2 Å². The van der Waals surface area contributed by atoms with Crippen molar-refractivity contribution in [3.63, 3.8) is 0 Å². The molecule has 0 saturated heterocycles. The van der Waals surface area contributed by atoms with Gasteiger partial charge >= 0.3 is 50.5 Å². The van der Waals surface area contributed by atoms with Crippen LogP contribution in [0.5, 0.6) is 0 Å². The Hall–Kier alpha value is -0.0597. The number of rotatable bonds is 0. The van der Waals surface area contributed by atoms with Gasteiger partial charge in [0.2, 0.25) is 0 Å². The van der Waals surface area contributed by atoms with Gasteiger partial charge in [0.15, 0.2) is 0 Å². The van der Waals surface area contributed by atoms with Crippen molar-refractivity contribution >= 4 is 0 Å². The van der Waals surface area contributed by atoms with E-state index >= 15 is 0 Å². The molecule has 0 aromatic heterocycles. The predicted molar refractivity (Wildman–Crippen MR) is 69.3 cm³/mol. The number of aliphatic hydroxyl groups excluding tert-OH is 2. The average molecular weight is 321 g/mol. The monoisotopic (exact) mass is 321 g/mol. The third-order valence-electron chi connectivity index (χ3n) is 0.886. The Kier molecular flexibility index (Phi) is 23.9. The number of aliphatic hydroxyl groups is 2. The Balaban J connectivity index is -0.000000162. The first-order valence-corrected chi connectivity index (χ1v) is 6.67. The van der Waals surface area contributed by atoms with Gasteiger partial charge in [-0.3, -0.25) is 6.08 Å². The molecule has 2 N–H and O–H groups in total. The topological polar surface area (TPSA) is 52.8 Å². The van der Waals surface area contributed by atoms with Crippen LogP contribution in [0.25, 0.3) is 0 Å². The SMILES string of the molecule is CC(C)(C)[N]=[Nb].CCO.CCO.[C-]1=CC=CC1. The summed E-state index contributed by atoms with van der Waals surface area (Å²) in [7, 11) is 0. The third-order valence-corrected chi connectivity index (χ3v) is 2.36. The smallest absolute Gasteiger partial charge is 0.0402 e. The van der Waals surface area contributed by atoms with Crippen LogP contribution in [-0.4, -0.2) is 29.0 Å². The van der Waals surface area contributed by atoms with E-state index in [1.54, 1.807) is 13.8 Å². The molecule has 101 valence electrons. The van der Waals surface area contributed by atoms with E-state index < -0.39 is 0 Å². The van der Waals surface area contributed by atoms with Crippen molar-refractivity contribution in [3.8, 4) is 0 Å². The van der Waals surface area contributed by atoms with E-state index in [2.05, 4.69) is 36.3 Å². The maximum Gasteiger partial charge on any atom is 0.0402 e. The Bertz CT molecular complexity index is 184. The van der Waals surface area contributed by atoms with Gasteiger partial charge in [-0.15, -0.1) is 6.42 Å². The van der Waals surface area contributed by atoms with Crippen molar-refractivity contribution in [2.24, 2.45) is 3.34 Å². The minimum absolute atomic E-state index is 0.189. The van der Waals surface area contributed by atoms with Gasteiger partial charge in [0.25, 0.3) is 0 Å². The van der Waals surface area contributed by atoms with Gasteiger partial charge < -0.3 is 10.2 Å². The minimum atomic E-state index is 0.189. The summed E-state index contributed by atoms with van der Waals surface area (Å²) in [5.74, 6) is 0. The molecule has 1 aliphatic rings. The summed E-state index contributed by atoms with van der Waals surface area (Å²) >= 11 is 1.52. The summed E-state index contributed by atoms with van der Waals surface area (Å²) in [6.45, 7) is 10.1. The van der Waals surface area contributed by atoms with Gasteiger partial charge in [-0.05, 0) is 13.8 Å². The molecule has 0 heterocycles. The Morgan fingerprint density at radius 1 is 1.24 bits per heavy atom. The molecule has 0 spiro atoms. The molecule has 0 unspecified atom stereocenters. The first kappa shape index (κ1) is 22.1. The minimum Gasteiger partial charge on any atom is -0.397 e. The first-order chi connectivity index (χ1) is 7.89. The van der Waals surface area contributed by atoms with Gasteiger partial charge in [0.1, 0.15) is 0 Å². The van der Waals surface area contributed by atoms with Crippen LogP contribution in [0.1, 0.15) is 41.0 Å². The summed E-state index contributed by atoms with van der Waals surface area (Å²) in [4.78, 5) is 0. The molecule has 1 aliphatic carbocycles. The van der Waals surface area contributed by atoms with Crippen LogP contribution in [0.15, 0.2) is 21.6 Å². The fourth-order valence-corrected chi connectivity index (χ4v) is 0.340. The van der Waals surface area contributed by atoms with E-state index in [9.17, 15) is 0 Å².